The molecule has 2 rings (SSSR count). The highest BCUT2D eigenvalue weighted by Gasteiger charge is 2.15. The molecule has 0 radical (unpaired) electrons. The number of anilines is 1. The largest absolute Gasteiger partial charge is 0.487 e. The Labute approximate surface area is 135 Å². The van der Waals surface area contributed by atoms with Crippen molar-refractivity contribution >= 4 is 29.2 Å². The number of nitrogens with zero attached hydrogens (tertiary/aromatic N) is 3. The Morgan fingerprint density at radius 3 is 3.04 bits per heavy atom. The molecule has 0 unspecified atom stereocenters. The zero-order valence-corrected chi connectivity index (χ0v) is 12.7. The number of ether oxygens (including phenoxy) is 1. The maximum absolute atomic E-state index is 11.3. The molecule has 0 saturated carbocycles. The van der Waals surface area contributed by atoms with E-state index >= 15 is 0 Å². The lowest BCUT2D eigenvalue weighted by atomic mass is 10.2. The van der Waals surface area contributed by atoms with E-state index in [0.717, 1.165) is 0 Å². The highest BCUT2D eigenvalue weighted by atomic mass is 35.5. The molecule has 0 fully saturated rings. The first-order chi connectivity index (χ1) is 11.0. The summed E-state index contributed by atoms with van der Waals surface area (Å²) in [6.07, 6.45) is 2.64. The highest BCUT2D eigenvalue weighted by molar-refractivity contribution is 6.32. The molecule has 23 heavy (non-hydrogen) atoms. The monoisotopic (exact) mass is 337 g/mol. The molecule has 0 amide bonds. The molecule has 1 heterocycles. The maximum Gasteiger partial charge on any atom is 0.311 e. The van der Waals surface area contributed by atoms with Crippen LogP contribution in [-0.4, -0.2) is 27.9 Å². The van der Waals surface area contributed by atoms with Crippen LogP contribution in [0.2, 0.25) is 5.02 Å². The summed E-state index contributed by atoms with van der Waals surface area (Å²) in [5, 5.41) is 20.6. The predicted octanol–water partition coefficient (Wildman–Crippen LogP) is 2.18. The number of nitro benzene ring substituents is 1. The first kappa shape index (κ1) is 16.4. The number of nitrogens with one attached hydrogen (secondary N) is 2. The fourth-order valence-corrected chi connectivity index (χ4v) is 1.81. The second-order valence-corrected chi connectivity index (χ2v) is 4.59. The Morgan fingerprint density at radius 1 is 1.57 bits per heavy atom. The van der Waals surface area contributed by atoms with E-state index in [0.29, 0.717) is 12.2 Å². The number of aromatic amines is 1. The normalized spacial score (nSPS) is 10.7. The van der Waals surface area contributed by atoms with E-state index in [4.69, 9.17) is 16.3 Å². The molecule has 2 aromatic rings. The van der Waals surface area contributed by atoms with Crippen LogP contribution < -0.4 is 15.7 Å². The summed E-state index contributed by atoms with van der Waals surface area (Å²) in [5.74, 6) is 0.185. The SMILES string of the molecule is CCOc1ccc(/C=N\Nc2cn[nH]c(=O)c2Cl)cc1[N+](=O)[O-]. The van der Waals surface area contributed by atoms with Crippen molar-refractivity contribution in [3.63, 3.8) is 0 Å². The van der Waals surface area contributed by atoms with Gasteiger partial charge >= 0.3 is 5.69 Å². The number of halogens is 1. The zero-order valence-electron chi connectivity index (χ0n) is 11.9. The third-order valence-electron chi connectivity index (χ3n) is 2.67. The number of hydrogen-bond donors (Lipinski definition) is 2. The molecule has 0 aliphatic rings. The minimum absolute atomic E-state index is 0.0881. The summed E-state index contributed by atoms with van der Waals surface area (Å²) in [5.41, 5.74) is 2.52. The second-order valence-electron chi connectivity index (χ2n) is 4.21. The summed E-state index contributed by atoms with van der Waals surface area (Å²) in [7, 11) is 0. The van der Waals surface area contributed by atoms with E-state index < -0.39 is 10.5 Å². The van der Waals surface area contributed by atoms with Crippen LogP contribution in [0, 0.1) is 10.1 Å². The molecule has 0 bridgehead atoms. The number of benzene rings is 1. The number of nitro groups is 1. The number of rotatable bonds is 6. The summed E-state index contributed by atoms with van der Waals surface area (Å²) in [6.45, 7) is 2.06. The fraction of sp³-hybridized carbons (Fsp3) is 0.154. The Balaban J connectivity index is 2.19. The van der Waals surface area contributed by atoms with Gasteiger partial charge in [-0.25, -0.2) is 5.10 Å². The van der Waals surface area contributed by atoms with Crippen LogP contribution >= 0.6 is 11.6 Å². The Hall–Kier alpha value is -2.94. The van der Waals surface area contributed by atoms with Gasteiger partial charge in [-0.1, -0.05) is 11.6 Å². The first-order valence-electron chi connectivity index (χ1n) is 6.46. The lowest BCUT2D eigenvalue weighted by Gasteiger charge is -2.04. The first-order valence-corrected chi connectivity index (χ1v) is 6.84. The van der Waals surface area contributed by atoms with E-state index in [1.165, 1.54) is 24.5 Å². The van der Waals surface area contributed by atoms with Gasteiger partial charge in [0.25, 0.3) is 5.56 Å². The quantitative estimate of drug-likeness (QED) is 0.473. The summed E-state index contributed by atoms with van der Waals surface area (Å²) < 4.78 is 5.19. The van der Waals surface area contributed by atoms with E-state index in [1.807, 2.05) is 0 Å². The Kier molecular flexibility index (Phi) is 5.26. The van der Waals surface area contributed by atoms with Crippen molar-refractivity contribution < 1.29 is 9.66 Å². The van der Waals surface area contributed by atoms with Gasteiger partial charge in [0.2, 0.25) is 0 Å². The fourth-order valence-electron chi connectivity index (χ4n) is 1.67. The zero-order chi connectivity index (χ0) is 16.8. The van der Waals surface area contributed by atoms with Crippen LogP contribution in [0.1, 0.15) is 12.5 Å². The lowest BCUT2D eigenvalue weighted by molar-refractivity contribution is -0.385. The number of hydrogen-bond acceptors (Lipinski definition) is 7. The molecule has 1 aromatic carbocycles. The lowest BCUT2D eigenvalue weighted by Crippen LogP contribution is -2.10. The van der Waals surface area contributed by atoms with Crippen LogP contribution in [0.4, 0.5) is 11.4 Å². The van der Waals surface area contributed by atoms with Crippen molar-refractivity contribution in [3.8, 4) is 5.75 Å². The molecule has 0 spiro atoms. The van der Waals surface area contributed by atoms with Gasteiger partial charge in [0, 0.05) is 11.6 Å². The molecule has 0 atom stereocenters. The van der Waals surface area contributed by atoms with Crippen molar-refractivity contribution in [3.05, 3.63) is 55.5 Å². The molecule has 10 heteroatoms. The van der Waals surface area contributed by atoms with Crippen LogP contribution in [0.15, 0.2) is 34.3 Å². The molecule has 120 valence electrons. The van der Waals surface area contributed by atoms with Crippen molar-refractivity contribution in [2.75, 3.05) is 12.0 Å². The maximum atomic E-state index is 11.3. The van der Waals surface area contributed by atoms with Gasteiger partial charge in [-0.3, -0.25) is 20.3 Å². The predicted molar refractivity (Wildman–Crippen MR) is 85.3 cm³/mol. The van der Waals surface area contributed by atoms with Gasteiger partial charge in [0.05, 0.1) is 23.9 Å². The number of hydrazone groups is 1. The Bertz CT molecular complexity index is 805. The third-order valence-corrected chi connectivity index (χ3v) is 3.05. The Morgan fingerprint density at radius 2 is 2.35 bits per heavy atom. The van der Waals surface area contributed by atoms with Crippen molar-refractivity contribution in [2.24, 2.45) is 5.10 Å². The van der Waals surface area contributed by atoms with Gasteiger partial charge in [0.15, 0.2) is 5.75 Å². The van der Waals surface area contributed by atoms with Gasteiger partial charge in [-0.05, 0) is 19.1 Å². The van der Waals surface area contributed by atoms with Gasteiger partial charge in [-0.15, -0.1) is 0 Å². The van der Waals surface area contributed by atoms with Gasteiger partial charge < -0.3 is 4.74 Å². The van der Waals surface area contributed by atoms with Gasteiger partial charge in [0.1, 0.15) is 10.7 Å². The molecular weight excluding hydrogens is 326 g/mol. The van der Waals surface area contributed by atoms with Crippen LogP contribution in [0.25, 0.3) is 0 Å². The average Bonchev–Trinajstić information content (AvgIpc) is 2.53. The summed E-state index contributed by atoms with van der Waals surface area (Å²) in [6, 6.07) is 4.43. The van der Waals surface area contributed by atoms with Crippen LogP contribution in [-0.2, 0) is 0 Å². The van der Waals surface area contributed by atoms with Crippen molar-refractivity contribution in [1.29, 1.82) is 0 Å². The molecule has 1 aromatic heterocycles. The smallest absolute Gasteiger partial charge is 0.311 e. The topological polar surface area (TPSA) is 123 Å². The van der Waals surface area contributed by atoms with E-state index in [-0.39, 0.29) is 22.1 Å². The molecule has 2 N–H and O–H groups in total. The highest BCUT2D eigenvalue weighted by Crippen LogP contribution is 2.27. The van der Waals surface area contributed by atoms with Crippen LogP contribution in [0.3, 0.4) is 0 Å². The average molecular weight is 338 g/mol. The van der Waals surface area contributed by atoms with Crippen LogP contribution in [0.5, 0.6) is 5.75 Å². The molecular formula is C13H12ClN5O4. The molecule has 0 saturated heterocycles. The minimum atomic E-state index is -0.552. The number of H-pyrrole nitrogens is 1. The summed E-state index contributed by atoms with van der Waals surface area (Å²) in [4.78, 5) is 21.8. The summed E-state index contributed by atoms with van der Waals surface area (Å²) >= 11 is 5.77. The van der Waals surface area contributed by atoms with E-state index in [1.54, 1.807) is 13.0 Å². The van der Waals surface area contributed by atoms with Gasteiger partial charge in [-0.2, -0.15) is 10.2 Å². The van der Waals surface area contributed by atoms with Crippen molar-refractivity contribution in [1.82, 2.24) is 10.2 Å². The minimum Gasteiger partial charge on any atom is -0.487 e. The standard InChI is InChI=1S/C13H12ClN5O4/c1-2-23-11-4-3-8(5-10(11)19(21)22)6-15-17-9-7-16-18-13(20)12(9)14/h3-7H,2H2,1H3,(H2,17,18,20)/b15-6-. The van der Waals surface area contributed by atoms with Crippen molar-refractivity contribution in [2.45, 2.75) is 6.92 Å². The second kappa shape index (κ2) is 7.36. The molecule has 9 nitrogen and oxygen atoms in total. The van der Waals surface area contributed by atoms with E-state index in [9.17, 15) is 14.9 Å². The number of aromatic nitrogens is 2. The molecule has 0 aliphatic heterocycles. The molecule has 0 aliphatic carbocycles. The third kappa shape index (κ3) is 4.04. The van der Waals surface area contributed by atoms with E-state index in [2.05, 4.69) is 20.7 Å².